The molecule has 0 bridgehead atoms. The van der Waals surface area contributed by atoms with E-state index in [1.165, 1.54) is 18.4 Å². The van der Waals surface area contributed by atoms with Crippen LogP contribution in [0.4, 0.5) is 0 Å². The Hall–Kier alpha value is -1.46. The van der Waals surface area contributed by atoms with Crippen molar-refractivity contribution in [2.45, 2.75) is 19.4 Å². The minimum Gasteiger partial charge on any atom is -0.339 e. The van der Waals surface area contributed by atoms with E-state index in [0.29, 0.717) is 6.54 Å². The lowest BCUT2D eigenvalue weighted by molar-refractivity contribution is -0.132. The van der Waals surface area contributed by atoms with Crippen molar-refractivity contribution >= 4 is 5.91 Å². The predicted molar refractivity (Wildman–Crippen MR) is 81.7 cm³/mol. The second-order valence-electron chi connectivity index (χ2n) is 6.09. The van der Waals surface area contributed by atoms with E-state index in [-0.39, 0.29) is 5.91 Å². The van der Waals surface area contributed by atoms with Crippen LogP contribution in [0, 0.1) is 5.92 Å². The van der Waals surface area contributed by atoms with E-state index < -0.39 is 0 Å². The van der Waals surface area contributed by atoms with E-state index in [1.54, 1.807) is 6.20 Å². The summed E-state index contributed by atoms with van der Waals surface area (Å²) in [6, 6.07) is 4.08. The number of hydrogen-bond acceptors (Lipinski definition) is 4. The van der Waals surface area contributed by atoms with Gasteiger partial charge in [0, 0.05) is 45.1 Å². The standard InChI is InChI=1S/C16H24N4O/c21-16(12-18-10-14-3-4-14)20-8-6-19(7-9-20)13-15-2-1-5-17-11-15/h1-2,5,11,14,18H,3-4,6-10,12-13H2. The summed E-state index contributed by atoms with van der Waals surface area (Å²) in [4.78, 5) is 20.6. The summed E-state index contributed by atoms with van der Waals surface area (Å²) < 4.78 is 0. The smallest absolute Gasteiger partial charge is 0.236 e. The molecule has 2 heterocycles. The SMILES string of the molecule is O=C(CNCC1CC1)N1CCN(Cc2cccnc2)CC1. The van der Waals surface area contributed by atoms with Crippen molar-refractivity contribution in [2.75, 3.05) is 39.3 Å². The predicted octanol–water partition coefficient (Wildman–Crippen LogP) is 0.725. The minimum absolute atomic E-state index is 0.247. The number of nitrogens with zero attached hydrogens (tertiary/aromatic N) is 3. The number of rotatable bonds is 6. The quantitative estimate of drug-likeness (QED) is 0.838. The van der Waals surface area contributed by atoms with E-state index in [1.807, 2.05) is 17.2 Å². The van der Waals surface area contributed by atoms with Crippen molar-refractivity contribution in [3.63, 3.8) is 0 Å². The van der Waals surface area contributed by atoms with E-state index in [0.717, 1.165) is 45.2 Å². The Morgan fingerprint density at radius 1 is 1.29 bits per heavy atom. The molecule has 2 fully saturated rings. The van der Waals surface area contributed by atoms with Gasteiger partial charge in [0.2, 0.25) is 5.91 Å². The van der Waals surface area contributed by atoms with Crippen LogP contribution < -0.4 is 5.32 Å². The molecule has 1 aliphatic carbocycles. The van der Waals surface area contributed by atoms with Crippen molar-refractivity contribution in [2.24, 2.45) is 5.92 Å². The van der Waals surface area contributed by atoms with Crippen LogP contribution in [0.15, 0.2) is 24.5 Å². The van der Waals surface area contributed by atoms with Crippen LogP contribution >= 0.6 is 0 Å². The number of aromatic nitrogens is 1. The van der Waals surface area contributed by atoms with Crippen molar-refractivity contribution in [3.8, 4) is 0 Å². The number of amides is 1. The fourth-order valence-corrected chi connectivity index (χ4v) is 2.72. The molecule has 5 heteroatoms. The summed E-state index contributed by atoms with van der Waals surface area (Å²) >= 11 is 0. The zero-order chi connectivity index (χ0) is 14.5. The largest absolute Gasteiger partial charge is 0.339 e. The second-order valence-corrected chi connectivity index (χ2v) is 6.09. The van der Waals surface area contributed by atoms with Crippen LogP contribution in [0.5, 0.6) is 0 Å². The van der Waals surface area contributed by atoms with E-state index >= 15 is 0 Å². The third-order valence-electron chi connectivity index (χ3n) is 4.26. The van der Waals surface area contributed by atoms with Crippen molar-refractivity contribution in [1.82, 2.24) is 20.1 Å². The molecule has 114 valence electrons. The molecule has 1 saturated carbocycles. The highest BCUT2D eigenvalue weighted by Gasteiger charge is 2.23. The lowest BCUT2D eigenvalue weighted by Gasteiger charge is -2.34. The maximum absolute atomic E-state index is 12.1. The Bertz CT molecular complexity index is 453. The van der Waals surface area contributed by atoms with Gasteiger partial charge in [-0.2, -0.15) is 0 Å². The average molecular weight is 288 g/mol. The number of pyridine rings is 1. The molecular weight excluding hydrogens is 264 g/mol. The number of piperazine rings is 1. The Morgan fingerprint density at radius 2 is 2.10 bits per heavy atom. The highest BCUT2D eigenvalue weighted by Crippen LogP contribution is 2.27. The number of carbonyl (C=O) groups excluding carboxylic acids is 1. The number of nitrogens with one attached hydrogen (secondary N) is 1. The maximum Gasteiger partial charge on any atom is 0.236 e. The summed E-state index contributed by atoms with van der Waals surface area (Å²) in [5.41, 5.74) is 1.24. The normalized spacial score (nSPS) is 19.7. The highest BCUT2D eigenvalue weighted by molar-refractivity contribution is 5.78. The van der Waals surface area contributed by atoms with Gasteiger partial charge in [-0.1, -0.05) is 6.07 Å². The van der Waals surface area contributed by atoms with Gasteiger partial charge in [0.15, 0.2) is 0 Å². The summed E-state index contributed by atoms with van der Waals surface area (Å²) in [5, 5.41) is 3.28. The molecular formula is C16H24N4O. The molecule has 0 radical (unpaired) electrons. The fraction of sp³-hybridized carbons (Fsp3) is 0.625. The fourth-order valence-electron chi connectivity index (χ4n) is 2.72. The third-order valence-corrected chi connectivity index (χ3v) is 4.26. The molecule has 3 rings (SSSR count). The van der Waals surface area contributed by atoms with Crippen molar-refractivity contribution in [3.05, 3.63) is 30.1 Å². The molecule has 1 aliphatic heterocycles. The Labute approximate surface area is 126 Å². The molecule has 0 unspecified atom stereocenters. The monoisotopic (exact) mass is 288 g/mol. The number of hydrogen-bond donors (Lipinski definition) is 1. The zero-order valence-corrected chi connectivity index (χ0v) is 12.5. The van der Waals surface area contributed by atoms with Crippen LogP contribution in [0.3, 0.4) is 0 Å². The van der Waals surface area contributed by atoms with Gasteiger partial charge < -0.3 is 10.2 Å². The first kappa shape index (κ1) is 14.5. The topological polar surface area (TPSA) is 48.5 Å². The van der Waals surface area contributed by atoms with Gasteiger partial charge in [-0.3, -0.25) is 14.7 Å². The minimum atomic E-state index is 0.247. The lowest BCUT2D eigenvalue weighted by atomic mass is 10.2. The average Bonchev–Trinajstić information content (AvgIpc) is 3.33. The lowest BCUT2D eigenvalue weighted by Crippen LogP contribution is -2.50. The van der Waals surface area contributed by atoms with Crippen LogP contribution in [0.1, 0.15) is 18.4 Å². The Morgan fingerprint density at radius 3 is 2.76 bits per heavy atom. The zero-order valence-electron chi connectivity index (χ0n) is 12.5. The summed E-state index contributed by atoms with van der Waals surface area (Å²) in [6.07, 6.45) is 6.37. The summed E-state index contributed by atoms with van der Waals surface area (Å²) in [5.74, 6) is 1.07. The van der Waals surface area contributed by atoms with Crippen LogP contribution in [-0.2, 0) is 11.3 Å². The molecule has 2 aliphatic rings. The van der Waals surface area contributed by atoms with Gasteiger partial charge in [-0.05, 0) is 36.9 Å². The molecule has 1 aromatic heterocycles. The molecule has 1 N–H and O–H groups in total. The molecule has 1 saturated heterocycles. The second kappa shape index (κ2) is 7.00. The van der Waals surface area contributed by atoms with Gasteiger partial charge in [0.1, 0.15) is 0 Å². The van der Waals surface area contributed by atoms with Gasteiger partial charge in [0.25, 0.3) is 0 Å². The van der Waals surface area contributed by atoms with Gasteiger partial charge >= 0.3 is 0 Å². The van der Waals surface area contributed by atoms with Crippen molar-refractivity contribution < 1.29 is 4.79 Å². The molecule has 5 nitrogen and oxygen atoms in total. The third kappa shape index (κ3) is 4.51. The molecule has 0 spiro atoms. The van der Waals surface area contributed by atoms with Gasteiger partial charge in [-0.25, -0.2) is 0 Å². The maximum atomic E-state index is 12.1. The van der Waals surface area contributed by atoms with E-state index in [2.05, 4.69) is 21.3 Å². The van der Waals surface area contributed by atoms with E-state index in [9.17, 15) is 4.79 Å². The molecule has 1 amide bonds. The first-order chi connectivity index (χ1) is 10.3. The molecule has 1 aromatic rings. The van der Waals surface area contributed by atoms with Crippen molar-refractivity contribution in [1.29, 1.82) is 0 Å². The molecule has 0 atom stereocenters. The van der Waals surface area contributed by atoms with E-state index in [4.69, 9.17) is 0 Å². The summed E-state index contributed by atoms with van der Waals surface area (Å²) in [6.45, 7) is 6.00. The highest BCUT2D eigenvalue weighted by atomic mass is 16.2. The van der Waals surface area contributed by atoms with Crippen LogP contribution in [0.2, 0.25) is 0 Å². The Kier molecular flexibility index (Phi) is 4.83. The first-order valence-corrected chi connectivity index (χ1v) is 7.91. The molecule has 21 heavy (non-hydrogen) atoms. The van der Waals surface area contributed by atoms with Gasteiger partial charge in [0.05, 0.1) is 6.54 Å². The van der Waals surface area contributed by atoms with Gasteiger partial charge in [-0.15, -0.1) is 0 Å². The number of carbonyl (C=O) groups is 1. The first-order valence-electron chi connectivity index (χ1n) is 7.91. The molecule has 0 aromatic carbocycles. The van der Waals surface area contributed by atoms with Crippen LogP contribution in [0.25, 0.3) is 0 Å². The van der Waals surface area contributed by atoms with Crippen LogP contribution in [-0.4, -0.2) is 60.0 Å². The Balaban J connectivity index is 1.36. The summed E-state index contributed by atoms with van der Waals surface area (Å²) in [7, 11) is 0.